The smallest absolute Gasteiger partial charge is 0.171 e. The predicted octanol–water partition coefficient (Wildman–Crippen LogP) is 4.20. The Kier molecular flexibility index (Phi) is 2.78. The second-order valence-electron chi connectivity index (χ2n) is 4.88. The van der Waals surface area contributed by atoms with Crippen molar-refractivity contribution in [2.75, 3.05) is 0 Å². The van der Waals surface area contributed by atoms with Gasteiger partial charge >= 0.3 is 0 Å². The van der Waals surface area contributed by atoms with E-state index >= 15 is 0 Å². The third kappa shape index (κ3) is 1.99. The molecule has 92 valence electrons. The number of thiazole rings is 1. The average molecular weight is 257 g/mol. The van der Waals surface area contributed by atoms with Gasteiger partial charge in [-0.25, -0.2) is 4.98 Å². The summed E-state index contributed by atoms with van der Waals surface area (Å²) in [6, 6.07) is 8.21. The van der Waals surface area contributed by atoms with Crippen molar-refractivity contribution in [2.24, 2.45) is 0 Å². The molecule has 1 aliphatic rings. The maximum Gasteiger partial charge on any atom is 0.171 e. The minimum Gasteiger partial charge on any atom is -0.294 e. The van der Waals surface area contributed by atoms with E-state index in [0.717, 1.165) is 21.1 Å². The van der Waals surface area contributed by atoms with E-state index in [1.807, 2.05) is 12.1 Å². The number of aryl methyl sites for hydroxylation is 1. The standard InChI is InChI=1S/C15H15NOS/c1-9-5-3-4-6-12(9)15-16-13(11-7-8-11)14(18-15)10(2)17/h3-6,11H,7-8H2,1-2H3. The zero-order valence-corrected chi connectivity index (χ0v) is 11.4. The molecule has 3 heteroatoms. The van der Waals surface area contributed by atoms with Crippen LogP contribution in [0.25, 0.3) is 10.6 Å². The molecule has 2 aromatic rings. The first-order valence-electron chi connectivity index (χ1n) is 6.24. The number of hydrogen-bond acceptors (Lipinski definition) is 3. The minimum atomic E-state index is 0.147. The van der Waals surface area contributed by atoms with Gasteiger partial charge in [-0.3, -0.25) is 4.79 Å². The summed E-state index contributed by atoms with van der Waals surface area (Å²) in [6.45, 7) is 3.72. The molecule has 0 aliphatic heterocycles. The normalized spacial score (nSPS) is 14.8. The molecular formula is C15H15NOS. The van der Waals surface area contributed by atoms with Gasteiger partial charge in [-0.1, -0.05) is 24.3 Å². The molecule has 0 atom stereocenters. The van der Waals surface area contributed by atoms with Crippen LogP contribution in [0.5, 0.6) is 0 Å². The molecule has 1 fully saturated rings. The lowest BCUT2D eigenvalue weighted by molar-refractivity contribution is 0.102. The van der Waals surface area contributed by atoms with Gasteiger partial charge in [0.15, 0.2) is 5.78 Å². The number of Topliss-reactive ketones (excluding diaryl/α,β-unsaturated/α-hetero) is 1. The van der Waals surface area contributed by atoms with Gasteiger partial charge in [-0.05, 0) is 25.3 Å². The van der Waals surface area contributed by atoms with Crippen LogP contribution in [0, 0.1) is 6.92 Å². The highest BCUT2D eigenvalue weighted by molar-refractivity contribution is 7.17. The lowest BCUT2D eigenvalue weighted by atomic mass is 10.1. The topological polar surface area (TPSA) is 30.0 Å². The van der Waals surface area contributed by atoms with Gasteiger partial charge in [0, 0.05) is 18.4 Å². The first-order valence-corrected chi connectivity index (χ1v) is 7.06. The van der Waals surface area contributed by atoms with E-state index in [9.17, 15) is 4.79 Å². The van der Waals surface area contributed by atoms with E-state index in [4.69, 9.17) is 4.98 Å². The van der Waals surface area contributed by atoms with Gasteiger partial charge < -0.3 is 0 Å². The summed E-state index contributed by atoms with van der Waals surface area (Å²) in [5.74, 6) is 0.673. The van der Waals surface area contributed by atoms with Gasteiger partial charge in [0.25, 0.3) is 0 Å². The van der Waals surface area contributed by atoms with Gasteiger partial charge in [0.2, 0.25) is 0 Å². The van der Waals surface area contributed by atoms with E-state index < -0.39 is 0 Å². The van der Waals surface area contributed by atoms with Crippen LogP contribution in [-0.4, -0.2) is 10.8 Å². The van der Waals surface area contributed by atoms with E-state index in [0.29, 0.717) is 5.92 Å². The molecule has 1 aromatic heterocycles. The Bertz CT molecular complexity index is 611. The van der Waals surface area contributed by atoms with Gasteiger partial charge in [-0.15, -0.1) is 11.3 Å². The molecule has 0 radical (unpaired) electrons. The van der Waals surface area contributed by atoms with Gasteiger partial charge in [0.1, 0.15) is 5.01 Å². The van der Waals surface area contributed by atoms with Crippen LogP contribution in [0.4, 0.5) is 0 Å². The lowest BCUT2D eigenvalue weighted by Gasteiger charge is -2.00. The molecule has 18 heavy (non-hydrogen) atoms. The molecule has 3 rings (SSSR count). The van der Waals surface area contributed by atoms with Crippen LogP contribution in [0.2, 0.25) is 0 Å². The van der Waals surface area contributed by atoms with Crippen LogP contribution in [0.3, 0.4) is 0 Å². The first-order chi connectivity index (χ1) is 8.66. The summed E-state index contributed by atoms with van der Waals surface area (Å²) in [6.07, 6.45) is 2.36. The Balaban J connectivity index is 2.11. The Morgan fingerprint density at radius 1 is 1.33 bits per heavy atom. The maximum absolute atomic E-state index is 11.7. The van der Waals surface area contributed by atoms with Crippen molar-refractivity contribution in [3.05, 3.63) is 40.4 Å². The summed E-state index contributed by atoms with van der Waals surface area (Å²) in [7, 11) is 0. The Hall–Kier alpha value is -1.48. The first kappa shape index (κ1) is 11.6. The highest BCUT2D eigenvalue weighted by Gasteiger charge is 2.31. The summed E-state index contributed by atoms with van der Waals surface area (Å²) in [4.78, 5) is 17.3. The zero-order valence-electron chi connectivity index (χ0n) is 10.6. The third-order valence-electron chi connectivity index (χ3n) is 3.31. The molecule has 2 nitrogen and oxygen atoms in total. The SMILES string of the molecule is CC(=O)c1sc(-c2ccccc2C)nc1C1CC1. The molecule has 1 heterocycles. The zero-order chi connectivity index (χ0) is 12.7. The third-order valence-corrected chi connectivity index (χ3v) is 4.52. The van der Waals surface area contributed by atoms with Crippen molar-refractivity contribution in [1.29, 1.82) is 0 Å². The van der Waals surface area contributed by atoms with Crippen LogP contribution in [0.15, 0.2) is 24.3 Å². The minimum absolute atomic E-state index is 0.147. The van der Waals surface area contributed by atoms with Crippen LogP contribution < -0.4 is 0 Å². The number of hydrogen-bond donors (Lipinski definition) is 0. The van der Waals surface area contributed by atoms with Crippen LogP contribution in [0.1, 0.15) is 46.6 Å². The molecule has 0 amide bonds. The lowest BCUT2D eigenvalue weighted by Crippen LogP contribution is -1.93. The van der Waals surface area contributed by atoms with E-state index in [1.54, 1.807) is 18.3 Å². The van der Waals surface area contributed by atoms with Crippen molar-refractivity contribution in [3.8, 4) is 10.6 Å². The molecule has 0 saturated heterocycles. The van der Waals surface area contributed by atoms with Crippen molar-refractivity contribution in [1.82, 2.24) is 4.98 Å². The van der Waals surface area contributed by atoms with Gasteiger partial charge in [0.05, 0.1) is 10.6 Å². The molecular weight excluding hydrogens is 242 g/mol. The van der Waals surface area contributed by atoms with Crippen LogP contribution in [-0.2, 0) is 0 Å². The van der Waals surface area contributed by atoms with Gasteiger partial charge in [-0.2, -0.15) is 0 Å². The van der Waals surface area contributed by atoms with Crippen LogP contribution >= 0.6 is 11.3 Å². The average Bonchev–Trinajstić information content (AvgIpc) is 3.09. The fourth-order valence-electron chi connectivity index (χ4n) is 2.15. The molecule has 1 aromatic carbocycles. The summed E-state index contributed by atoms with van der Waals surface area (Å²) in [5, 5.41) is 0.986. The molecule has 0 N–H and O–H groups in total. The maximum atomic E-state index is 11.7. The van der Waals surface area contributed by atoms with Crippen molar-refractivity contribution in [2.45, 2.75) is 32.6 Å². The van der Waals surface area contributed by atoms with E-state index in [1.165, 1.54) is 18.4 Å². The fourth-order valence-corrected chi connectivity index (χ4v) is 3.28. The van der Waals surface area contributed by atoms with Crippen molar-refractivity contribution >= 4 is 17.1 Å². The predicted molar refractivity (Wildman–Crippen MR) is 74.3 cm³/mol. The Labute approximate surface area is 111 Å². The van der Waals surface area contributed by atoms with E-state index in [2.05, 4.69) is 19.1 Å². The number of carbonyl (C=O) groups excluding carboxylic acids is 1. The number of nitrogens with zero attached hydrogens (tertiary/aromatic N) is 1. The highest BCUT2D eigenvalue weighted by Crippen LogP contribution is 2.44. The number of aromatic nitrogens is 1. The summed E-state index contributed by atoms with van der Waals surface area (Å²) in [5.41, 5.74) is 3.39. The second kappa shape index (κ2) is 4.32. The summed E-state index contributed by atoms with van der Waals surface area (Å²) < 4.78 is 0. The van der Waals surface area contributed by atoms with Crippen molar-refractivity contribution < 1.29 is 4.79 Å². The quantitative estimate of drug-likeness (QED) is 0.771. The number of rotatable bonds is 3. The Morgan fingerprint density at radius 3 is 2.67 bits per heavy atom. The molecule has 1 saturated carbocycles. The summed E-state index contributed by atoms with van der Waals surface area (Å²) >= 11 is 1.54. The highest BCUT2D eigenvalue weighted by atomic mass is 32.1. The molecule has 0 unspecified atom stereocenters. The number of carbonyl (C=O) groups is 1. The molecule has 1 aliphatic carbocycles. The second-order valence-corrected chi connectivity index (χ2v) is 5.88. The number of ketones is 1. The van der Waals surface area contributed by atoms with E-state index in [-0.39, 0.29) is 5.78 Å². The monoisotopic (exact) mass is 257 g/mol. The largest absolute Gasteiger partial charge is 0.294 e. The molecule has 0 spiro atoms. The Morgan fingerprint density at radius 2 is 2.06 bits per heavy atom. The molecule has 0 bridgehead atoms. The number of benzene rings is 1. The fraction of sp³-hybridized carbons (Fsp3) is 0.333. The van der Waals surface area contributed by atoms with Crippen molar-refractivity contribution in [3.63, 3.8) is 0 Å².